The second-order valence-electron chi connectivity index (χ2n) is 5.47. The standard InChI is InChI=1S/C16H22N2/c1-18-12-13(15-8-4-5-9-16(15)18)10-11-17-14-6-2-3-7-14/h4-5,8-9,12,14,17H,2-3,6-7,10-11H2,1H3. The molecule has 96 valence electrons. The summed E-state index contributed by atoms with van der Waals surface area (Å²) in [6, 6.07) is 9.46. The van der Waals surface area contributed by atoms with E-state index in [0.717, 1.165) is 19.0 Å². The smallest absolute Gasteiger partial charge is 0.0480 e. The predicted octanol–water partition coefficient (Wildman–Crippen LogP) is 3.25. The summed E-state index contributed by atoms with van der Waals surface area (Å²) in [5, 5.41) is 5.11. The van der Waals surface area contributed by atoms with E-state index < -0.39 is 0 Å². The molecule has 0 spiro atoms. The van der Waals surface area contributed by atoms with Gasteiger partial charge in [0.05, 0.1) is 0 Å². The molecule has 1 heterocycles. The Kier molecular flexibility index (Phi) is 3.37. The zero-order valence-corrected chi connectivity index (χ0v) is 11.2. The van der Waals surface area contributed by atoms with Gasteiger partial charge >= 0.3 is 0 Å². The quantitative estimate of drug-likeness (QED) is 0.871. The molecule has 1 aliphatic carbocycles. The van der Waals surface area contributed by atoms with E-state index in [-0.39, 0.29) is 0 Å². The largest absolute Gasteiger partial charge is 0.350 e. The van der Waals surface area contributed by atoms with Gasteiger partial charge in [0, 0.05) is 30.2 Å². The lowest BCUT2D eigenvalue weighted by Gasteiger charge is -2.10. The normalized spacial score (nSPS) is 16.7. The number of hydrogen-bond acceptors (Lipinski definition) is 1. The first-order valence-corrected chi connectivity index (χ1v) is 7.11. The lowest BCUT2D eigenvalue weighted by atomic mass is 10.1. The molecule has 1 aliphatic rings. The van der Waals surface area contributed by atoms with Gasteiger partial charge in [0.25, 0.3) is 0 Å². The third kappa shape index (κ3) is 2.30. The highest BCUT2D eigenvalue weighted by Gasteiger charge is 2.14. The van der Waals surface area contributed by atoms with Crippen LogP contribution < -0.4 is 5.32 Å². The molecule has 1 aromatic carbocycles. The number of nitrogens with one attached hydrogen (secondary N) is 1. The summed E-state index contributed by atoms with van der Waals surface area (Å²) in [4.78, 5) is 0. The average molecular weight is 242 g/mol. The van der Waals surface area contributed by atoms with Crippen LogP contribution in [-0.2, 0) is 13.5 Å². The number of fused-ring (bicyclic) bond motifs is 1. The molecule has 0 saturated heterocycles. The van der Waals surface area contributed by atoms with Gasteiger partial charge in [-0.15, -0.1) is 0 Å². The first-order chi connectivity index (χ1) is 8.84. The van der Waals surface area contributed by atoms with Crippen molar-refractivity contribution in [1.29, 1.82) is 0 Å². The van der Waals surface area contributed by atoms with E-state index in [4.69, 9.17) is 0 Å². The minimum absolute atomic E-state index is 0.778. The van der Waals surface area contributed by atoms with Crippen molar-refractivity contribution in [2.45, 2.75) is 38.1 Å². The molecule has 3 rings (SSSR count). The van der Waals surface area contributed by atoms with Crippen molar-refractivity contribution in [2.24, 2.45) is 7.05 Å². The zero-order chi connectivity index (χ0) is 12.4. The lowest BCUT2D eigenvalue weighted by Crippen LogP contribution is -2.27. The van der Waals surface area contributed by atoms with E-state index >= 15 is 0 Å². The Morgan fingerprint density at radius 3 is 2.83 bits per heavy atom. The van der Waals surface area contributed by atoms with Crippen LogP contribution in [0.2, 0.25) is 0 Å². The summed E-state index contributed by atoms with van der Waals surface area (Å²) in [7, 11) is 2.14. The first kappa shape index (κ1) is 11.8. The fourth-order valence-corrected chi connectivity index (χ4v) is 3.17. The van der Waals surface area contributed by atoms with Crippen molar-refractivity contribution >= 4 is 10.9 Å². The van der Waals surface area contributed by atoms with Crippen LogP contribution in [0.15, 0.2) is 30.5 Å². The Balaban J connectivity index is 1.67. The van der Waals surface area contributed by atoms with Crippen molar-refractivity contribution in [3.63, 3.8) is 0 Å². The molecule has 0 atom stereocenters. The Labute approximate surface area is 109 Å². The van der Waals surface area contributed by atoms with Gasteiger partial charge < -0.3 is 9.88 Å². The predicted molar refractivity (Wildman–Crippen MR) is 76.9 cm³/mol. The number of para-hydroxylation sites is 1. The molecule has 18 heavy (non-hydrogen) atoms. The summed E-state index contributed by atoms with van der Waals surface area (Å²) >= 11 is 0. The highest BCUT2D eigenvalue weighted by Crippen LogP contribution is 2.21. The SMILES string of the molecule is Cn1cc(CCNC2CCCC2)c2ccccc21. The summed E-state index contributed by atoms with van der Waals surface area (Å²) < 4.78 is 2.24. The lowest BCUT2D eigenvalue weighted by molar-refractivity contribution is 0.528. The number of benzene rings is 1. The molecule has 0 aliphatic heterocycles. The molecular weight excluding hydrogens is 220 g/mol. The van der Waals surface area contributed by atoms with Gasteiger partial charge in [-0.25, -0.2) is 0 Å². The molecule has 0 bridgehead atoms. The molecule has 0 radical (unpaired) electrons. The number of nitrogens with zero attached hydrogens (tertiary/aromatic N) is 1. The van der Waals surface area contributed by atoms with E-state index in [0.29, 0.717) is 0 Å². The average Bonchev–Trinajstić information content (AvgIpc) is 3.00. The highest BCUT2D eigenvalue weighted by atomic mass is 14.9. The molecular formula is C16H22N2. The van der Waals surface area contributed by atoms with Crippen LogP contribution in [-0.4, -0.2) is 17.2 Å². The zero-order valence-electron chi connectivity index (χ0n) is 11.2. The monoisotopic (exact) mass is 242 g/mol. The van der Waals surface area contributed by atoms with Crippen LogP contribution in [0.3, 0.4) is 0 Å². The van der Waals surface area contributed by atoms with Crippen LogP contribution in [0.25, 0.3) is 10.9 Å². The van der Waals surface area contributed by atoms with E-state index in [1.165, 1.54) is 42.1 Å². The molecule has 0 amide bonds. The molecule has 2 heteroatoms. The van der Waals surface area contributed by atoms with Gasteiger partial charge in [-0.05, 0) is 37.4 Å². The van der Waals surface area contributed by atoms with Crippen molar-refractivity contribution in [3.05, 3.63) is 36.0 Å². The van der Waals surface area contributed by atoms with Gasteiger partial charge in [0.2, 0.25) is 0 Å². The number of aromatic nitrogens is 1. The van der Waals surface area contributed by atoms with Crippen LogP contribution in [0.1, 0.15) is 31.2 Å². The van der Waals surface area contributed by atoms with Gasteiger partial charge in [-0.1, -0.05) is 31.0 Å². The van der Waals surface area contributed by atoms with E-state index in [2.05, 4.69) is 47.4 Å². The van der Waals surface area contributed by atoms with Gasteiger partial charge in [-0.2, -0.15) is 0 Å². The maximum Gasteiger partial charge on any atom is 0.0480 e. The molecule has 0 unspecified atom stereocenters. The highest BCUT2D eigenvalue weighted by molar-refractivity contribution is 5.83. The first-order valence-electron chi connectivity index (χ1n) is 7.11. The summed E-state index contributed by atoms with van der Waals surface area (Å²) in [6.07, 6.45) is 8.97. The molecule has 1 N–H and O–H groups in total. The van der Waals surface area contributed by atoms with Crippen molar-refractivity contribution in [2.75, 3.05) is 6.54 Å². The minimum atomic E-state index is 0.778. The van der Waals surface area contributed by atoms with Crippen molar-refractivity contribution in [3.8, 4) is 0 Å². The third-order valence-corrected chi connectivity index (χ3v) is 4.16. The fraction of sp³-hybridized carbons (Fsp3) is 0.500. The number of aryl methyl sites for hydroxylation is 1. The van der Waals surface area contributed by atoms with Crippen LogP contribution in [0, 0.1) is 0 Å². The van der Waals surface area contributed by atoms with Gasteiger partial charge in [0.15, 0.2) is 0 Å². The molecule has 1 saturated carbocycles. The summed E-state index contributed by atoms with van der Waals surface area (Å²) in [5.41, 5.74) is 2.81. The Morgan fingerprint density at radius 2 is 2.00 bits per heavy atom. The van der Waals surface area contributed by atoms with Crippen LogP contribution in [0.4, 0.5) is 0 Å². The number of rotatable bonds is 4. The third-order valence-electron chi connectivity index (χ3n) is 4.16. The second kappa shape index (κ2) is 5.15. The van der Waals surface area contributed by atoms with Gasteiger partial charge in [0.1, 0.15) is 0 Å². The topological polar surface area (TPSA) is 17.0 Å². The minimum Gasteiger partial charge on any atom is -0.350 e. The molecule has 1 aromatic heterocycles. The molecule has 2 nitrogen and oxygen atoms in total. The Bertz CT molecular complexity index is 521. The molecule has 1 fully saturated rings. The second-order valence-corrected chi connectivity index (χ2v) is 5.47. The fourth-order valence-electron chi connectivity index (χ4n) is 3.17. The summed E-state index contributed by atoms with van der Waals surface area (Å²) in [6.45, 7) is 1.11. The van der Waals surface area contributed by atoms with E-state index in [1.54, 1.807) is 0 Å². The van der Waals surface area contributed by atoms with Gasteiger partial charge in [-0.3, -0.25) is 0 Å². The Morgan fingerprint density at radius 1 is 1.22 bits per heavy atom. The summed E-state index contributed by atoms with van der Waals surface area (Å²) in [5.74, 6) is 0. The maximum absolute atomic E-state index is 3.69. The van der Waals surface area contributed by atoms with Crippen LogP contribution >= 0.6 is 0 Å². The Hall–Kier alpha value is -1.28. The van der Waals surface area contributed by atoms with E-state index in [9.17, 15) is 0 Å². The van der Waals surface area contributed by atoms with E-state index in [1.807, 2.05) is 0 Å². The number of hydrogen-bond donors (Lipinski definition) is 1. The maximum atomic E-state index is 3.69. The van der Waals surface area contributed by atoms with Crippen molar-refractivity contribution in [1.82, 2.24) is 9.88 Å². The molecule has 2 aromatic rings. The van der Waals surface area contributed by atoms with Crippen molar-refractivity contribution < 1.29 is 0 Å². The van der Waals surface area contributed by atoms with Crippen LogP contribution in [0.5, 0.6) is 0 Å².